The lowest BCUT2D eigenvalue weighted by atomic mass is 9.81. The van der Waals surface area contributed by atoms with Gasteiger partial charge in [0.2, 0.25) is 5.72 Å². The highest BCUT2D eigenvalue weighted by molar-refractivity contribution is 5.91. The van der Waals surface area contributed by atoms with Gasteiger partial charge in [0.15, 0.2) is 0 Å². The second kappa shape index (κ2) is 3.86. The van der Waals surface area contributed by atoms with Crippen LogP contribution < -0.4 is 17.1 Å². The van der Waals surface area contributed by atoms with Crippen LogP contribution in [0.2, 0.25) is 0 Å². The number of nitrogens with two attached hydrogens (primary N) is 2. The molecule has 0 unspecified atom stereocenters. The fourth-order valence-corrected chi connectivity index (χ4v) is 1.49. The molecule has 0 bridgehead atoms. The average Bonchev–Trinajstić information content (AvgIpc) is 2.16. The van der Waals surface area contributed by atoms with Crippen molar-refractivity contribution in [3.05, 3.63) is 0 Å². The first-order chi connectivity index (χ1) is 7.18. The quantitative estimate of drug-likeness (QED) is 0.459. The Labute approximate surface area is 91.0 Å². The number of hydrazone groups is 1. The summed E-state index contributed by atoms with van der Waals surface area (Å²) in [6.45, 7) is 3.25. The van der Waals surface area contributed by atoms with Crippen LogP contribution in [0.15, 0.2) is 5.10 Å². The van der Waals surface area contributed by atoms with E-state index in [0.717, 1.165) is 0 Å². The number of hydrogen-bond acceptors (Lipinski definition) is 5. The minimum Gasteiger partial charge on any atom is -0.350 e. The molecule has 0 aromatic rings. The van der Waals surface area contributed by atoms with Crippen molar-refractivity contribution in [1.82, 2.24) is 5.43 Å². The monoisotopic (exact) mass is 240 g/mol. The van der Waals surface area contributed by atoms with Gasteiger partial charge in [0, 0.05) is 11.8 Å². The highest BCUT2D eigenvalue weighted by atomic mass is 19.4. The number of nitrogens with one attached hydrogen (secondary N) is 1. The van der Waals surface area contributed by atoms with Gasteiger partial charge in [0.1, 0.15) is 0 Å². The normalized spacial score (nSPS) is 33.0. The summed E-state index contributed by atoms with van der Waals surface area (Å²) >= 11 is 0. The van der Waals surface area contributed by atoms with Crippen molar-refractivity contribution < 1.29 is 17.9 Å². The molecule has 5 nitrogen and oxygen atoms in total. The third-order valence-electron chi connectivity index (χ3n) is 2.72. The zero-order chi connectivity index (χ0) is 12.6. The summed E-state index contributed by atoms with van der Waals surface area (Å²) in [5.74, 6) is 10.0. The van der Waals surface area contributed by atoms with Crippen LogP contribution in [-0.2, 0) is 4.74 Å². The van der Waals surface area contributed by atoms with E-state index in [0.29, 0.717) is 0 Å². The number of ether oxygens (including phenoxy) is 1. The molecule has 1 fully saturated rings. The van der Waals surface area contributed by atoms with Crippen LogP contribution in [0.5, 0.6) is 0 Å². The Kier molecular flexibility index (Phi) is 3.19. The molecular formula is C8H15F3N4O. The van der Waals surface area contributed by atoms with Gasteiger partial charge >= 0.3 is 6.18 Å². The maximum Gasteiger partial charge on any atom is 0.432 e. The first-order valence-electron chi connectivity index (χ1n) is 4.64. The maximum atomic E-state index is 12.8. The van der Waals surface area contributed by atoms with E-state index >= 15 is 0 Å². The molecule has 0 amide bonds. The summed E-state index contributed by atoms with van der Waals surface area (Å²) in [6, 6.07) is 0. The summed E-state index contributed by atoms with van der Waals surface area (Å²) in [5, 5.41) is 3.40. The number of hydrazine groups is 1. The molecule has 0 saturated carbocycles. The summed E-state index contributed by atoms with van der Waals surface area (Å²) in [6.07, 6.45) is -5.15. The van der Waals surface area contributed by atoms with Gasteiger partial charge < -0.3 is 10.6 Å². The van der Waals surface area contributed by atoms with Gasteiger partial charge in [-0.25, -0.2) is 5.43 Å². The number of hydrogen-bond donors (Lipinski definition) is 3. The van der Waals surface area contributed by atoms with Crippen LogP contribution in [0.25, 0.3) is 0 Å². The summed E-state index contributed by atoms with van der Waals surface area (Å²) < 4.78 is 43.2. The van der Waals surface area contributed by atoms with E-state index in [1.807, 2.05) is 0 Å². The Balaban J connectivity index is 3.04. The van der Waals surface area contributed by atoms with Gasteiger partial charge in [-0.1, -0.05) is 13.8 Å². The lowest BCUT2D eigenvalue weighted by molar-refractivity contribution is -0.298. The van der Waals surface area contributed by atoms with Gasteiger partial charge in [-0.3, -0.25) is 5.84 Å². The van der Waals surface area contributed by atoms with Crippen LogP contribution in [-0.4, -0.2) is 24.2 Å². The highest BCUT2D eigenvalue weighted by Gasteiger charge is 2.60. The first-order valence-corrected chi connectivity index (χ1v) is 4.64. The Bertz CT molecular complexity index is 302. The third kappa shape index (κ3) is 2.00. The molecule has 1 saturated heterocycles. The third-order valence-corrected chi connectivity index (χ3v) is 2.72. The van der Waals surface area contributed by atoms with Gasteiger partial charge in [0.25, 0.3) is 0 Å². The number of alkyl halides is 3. The van der Waals surface area contributed by atoms with E-state index in [1.54, 1.807) is 19.3 Å². The lowest BCUT2D eigenvalue weighted by Crippen LogP contribution is -2.66. The zero-order valence-electron chi connectivity index (χ0n) is 9.06. The SMILES string of the molecule is CC1(C)CO[C@](NN)(C(F)(F)F)C/C1=N\N. The van der Waals surface area contributed by atoms with Crippen molar-refractivity contribution in [2.24, 2.45) is 22.2 Å². The summed E-state index contributed by atoms with van der Waals surface area (Å²) in [5.41, 5.74) is -1.33. The molecule has 5 N–H and O–H groups in total. The smallest absolute Gasteiger partial charge is 0.350 e. The molecule has 0 aliphatic carbocycles. The van der Waals surface area contributed by atoms with Crippen molar-refractivity contribution in [3.63, 3.8) is 0 Å². The van der Waals surface area contributed by atoms with Gasteiger partial charge in [-0.15, -0.1) is 0 Å². The second-order valence-electron chi connectivity index (χ2n) is 4.39. The molecule has 0 spiro atoms. The van der Waals surface area contributed by atoms with Gasteiger partial charge in [-0.2, -0.15) is 18.3 Å². The Morgan fingerprint density at radius 3 is 2.38 bits per heavy atom. The van der Waals surface area contributed by atoms with Crippen LogP contribution in [0, 0.1) is 5.41 Å². The van der Waals surface area contributed by atoms with Gasteiger partial charge in [0.05, 0.1) is 12.3 Å². The Morgan fingerprint density at radius 2 is 2.00 bits per heavy atom. The van der Waals surface area contributed by atoms with Crippen molar-refractivity contribution >= 4 is 5.71 Å². The largest absolute Gasteiger partial charge is 0.432 e. The van der Waals surface area contributed by atoms with Crippen LogP contribution in [0.4, 0.5) is 13.2 Å². The highest BCUT2D eigenvalue weighted by Crippen LogP contribution is 2.41. The number of nitrogens with zero attached hydrogens (tertiary/aromatic N) is 1. The lowest BCUT2D eigenvalue weighted by Gasteiger charge is -2.44. The zero-order valence-corrected chi connectivity index (χ0v) is 9.06. The van der Waals surface area contributed by atoms with E-state index in [-0.39, 0.29) is 12.3 Å². The minimum atomic E-state index is -4.63. The van der Waals surface area contributed by atoms with Crippen LogP contribution in [0.1, 0.15) is 20.3 Å². The molecule has 1 atom stereocenters. The first kappa shape index (κ1) is 13.2. The Morgan fingerprint density at radius 1 is 1.44 bits per heavy atom. The predicted octanol–water partition coefficient (Wildman–Crippen LogP) is 0.470. The van der Waals surface area contributed by atoms with Crippen molar-refractivity contribution in [1.29, 1.82) is 0 Å². The molecule has 0 aromatic carbocycles. The maximum absolute atomic E-state index is 12.8. The topological polar surface area (TPSA) is 85.7 Å². The number of rotatable bonds is 1. The fraction of sp³-hybridized carbons (Fsp3) is 0.875. The molecule has 0 aromatic heterocycles. The minimum absolute atomic E-state index is 0.160. The second-order valence-corrected chi connectivity index (χ2v) is 4.39. The summed E-state index contributed by atoms with van der Waals surface area (Å²) in [4.78, 5) is 0. The standard InChI is InChI=1S/C8H15F3N4O/c1-6(2)4-16-7(15-13,8(9,10)11)3-5(6)14-12/h15H,3-4,12-13H2,1-2H3/b14-5+/t7-/m0/s1. The molecule has 16 heavy (non-hydrogen) atoms. The molecule has 1 heterocycles. The molecule has 1 rings (SSSR count). The van der Waals surface area contributed by atoms with Crippen molar-refractivity contribution in [2.45, 2.75) is 32.2 Å². The molecule has 1 aliphatic heterocycles. The molecule has 0 radical (unpaired) electrons. The van der Waals surface area contributed by atoms with Gasteiger partial charge in [-0.05, 0) is 0 Å². The van der Waals surface area contributed by atoms with E-state index in [4.69, 9.17) is 16.4 Å². The molecule has 1 aliphatic rings. The van der Waals surface area contributed by atoms with E-state index in [9.17, 15) is 13.2 Å². The van der Waals surface area contributed by atoms with Crippen LogP contribution in [0.3, 0.4) is 0 Å². The summed E-state index contributed by atoms with van der Waals surface area (Å²) in [7, 11) is 0. The van der Waals surface area contributed by atoms with Crippen molar-refractivity contribution in [2.75, 3.05) is 6.61 Å². The van der Waals surface area contributed by atoms with Crippen LogP contribution >= 0.6 is 0 Å². The van der Waals surface area contributed by atoms with Crippen molar-refractivity contribution in [3.8, 4) is 0 Å². The molecule has 94 valence electrons. The van der Waals surface area contributed by atoms with E-state index < -0.39 is 23.7 Å². The number of halogens is 3. The van der Waals surface area contributed by atoms with E-state index in [1.165, 1.54) is 0 Å². The predicted molar refractivity (Wildman–Crippen MR) is 52.1 cm³/mol. The van der Waals surface area contributed by atoms with E-state index in [2.05, 4.69) is 5.10 Å². The average molecular weight is 240 g/mol. The fourth-order valence-electron chi connectivity index (χ4n) is 1.49. The molecular weight excluding hydrogens is 225 g/mol. The molecule has 8 heteroatoms. The Hall–Kier alpha value is -0.860.